The van der Waals surface area contributed by atoms with Gasteiger partial charge < -0.3 is 9.30 Å². The molecule has 0 bridgehead atoms. The normalized spacial score (nSPS) is 18.2. The second-order valence-corrected chi connectivity index (χ2v) is 6.24. The first-order valence-electron chi connectivity index (χ1n) is 7.57. The molecule has 1 atom stereocenters. The Hall–Kier alpha value is -1.33. The van der Waals surface area contributed by atoms with E-state index in [4.69, 9.17) is 4.74 Å². The van der Waals surface area contributed by atoms with Crippen molar-refractivity contribution in [3.8, 4) is 0 Å². The quantitative estimate of drug-likeness (QED) is 0.769. The van der Waals surface area contributed by atoms with Crippen molar-refractivity contribution in [2.24, 2.45) is 0 Å². The topological polar surface area (TPSA) is 39.9 Å². The Balaban J connectivity index is 1.67. The highest BCUT2D eigenvalue weighted by atomic mass is 32.2. The minimum absolute atomic E-state index is 0.384. The molecule has 0 radical (unpaired) electrons. The summed E-state index contributed by atoms with van der Waals surface area (Å²) in [5.41, 5.74) is 1.27. The molecule has 0 N–H and O–H groups in total. The maximum atomic E-state index is 5.67. The zero-order valence-corrected chi connectivity index (χ0v) is 13.2. The Morgan fingerprint density at radius 3 is 2.86 bits per heavy atom. The van der Waals surface area contributed by atoms with E-state index in [1.165, 1.54) is 18.4 Å². The summed E-state index contributed by atoms with van der Waals surface area (Å²) in [6, 6.07) is 10.4. The molecule has 1 aliphatic heterocycles. The summed E-state index contributed by atoms with van der Waals surface area (Å²) in [4.78, 5) is 0. The van der Waals surface area contributed by atoms with Crippen molar-refractivity contribution >= 4 is 11.8 Å². The number of aromatic nitrogens is 3. The minimum Gasteiger partial charge on any atom is -0.377 e. The first-order valence-corrected chi connectivity index (χ1v) is 8.55. The summed E-state index contributed by atoms with van der Waals surface area (Å²) in [6.45, 7) is 3.96. The van der Waals surface area contributed by atoms with Crippen LogP contribution in [-0.2, 0) is 17.7 Å². The zero-order chi connectivity index (χ0) is 14.5. The fraction of sp³-hybridized carbons (Fsp3) is 0.500. The van der Waals surface area contributed by atoms with Crippen molar-refractivity contribution in [3.63, 3.8) is 0 Å². The third-order valence-corrected chi connectivity index (χ3v) is 4.84. The SMILES string of the molecule is CCn1c(Cc2ccccc2)nnc1SCC1CCCO1. The van der Waals surface area contributed by atoms with Gasteiger partial charge in [0.15, 0.2) is 5.16 Å². The van der Waals surface area contributed by atoms with Gasteiger partial charge in [0, 0.05) is 25.3 Å². The molecule has 0 spiro atoms. The summed E-state index contributed by atoms with van der Waals surface area (Å²) in [7, 11) is 0. The van der Waals surface area contributed by atoms with Crippen LogP contribution in [0, 0.1) is 0 Å². The highest BCUT2D eigenvalue weighted by Crippen LogP contribution is 2.23. The Labute approximate surface area is 129 Å². The zero-order valence-electron chi connectivity index (χ0n) is 12.4. The van der Waals surface area contributed by atoms with Gasteiger partial charge in [-0.1, -0.05) is 42.1 Å². The van der Waals surface area contributed by atoms with Gasteiger partial charge in [-0.25, -0.2) is 0 Å². The highest BCUT2D eigenvalue weighted by molar-refractivity contribution is 7.99. The van der Waals surface area contributed by atoms with E-state index in [0.717, 1.165) is 36.3 Å². The Kier molecular flexibility index (Phi) is 4.93. The summed E-state index contributed by atoms with van der Waals surface area (Å²) in [5.74, 6) is 2.02. The number of hydrogen-bond acceptors (Lipinski definition) is 4. The third kappa shape index (κ3) is 3.66. The monoisotopic (exact) mass is 303 g/mol. The first kappa shape index (κ1) is 14.6. The van der Waals surface area contributed by atoms with E-state index < -0.39 is 0 Å². The lowest BCUT2D eigenvalue weighted by Crippen LogP contribution is -2.10. The van der Waals surface area contributed by atoms with Crippen LogP contribution >= 0.6 is 11.8 Å². The van der Waals surface area contributed by atoms with Gasteiger partial charge in [0.25, 0.3) is 0 Å². The molecule has 4 nitrogen and oxygen atoms in total. The van der Waals surface area contributed by atoms with E-state index in [0.29, 0.717) is 6.10 Å². The van der Waals surface area contributed by atoms with E-state index in [-0.39, 0.29) is 0 Å². The molecule has 2 aromatic rings. The molecule has 1 aromatic carbocycles. The average molecular weight is 303 g/mol. The molecular formula is C16H21N3OS. The van der Waals surface area contributed by atoms with Gasteiger partial charge in [0.1, 0.15) is 5.82 Å². The fourth-order valence-corrected chi connectivity index (χ4v) is 3.68. The van der Waals surface area contributed by atoms with E-state index in [2.05, 4.69) is 46.0 Å². The van der Waals surface area contributed by atoms with E-state index in [9.17, 15) is 0 Å². The van der Waals surface area contributed by atoms with Crippen molar-refractivity contribution in [2.75, 3.05) is 12.4 Å². The van der Waals surface area contributed by atoms with Gasteiger partial charge in [-0.3, -0.25) is 0 Å². The van der Waals surface area contributed by atoms with Gasteiger partial charge in [0.05, 0.1) is 6.10 Å². The van der Waals surface area contributed by atoms with Crippen LogP contribution in [0.3, 0.4) is 0 Å². The van der Waals surface area contributed by atoms with Crippen LogP contribution in [0.5, 0.6) is 0 Å². The molecule has 1 aliphatic rings. The maximum absolute atomic E-state index is 5.67. The number of thioether (sulfide) groups is 1. The predicted octanol–water partition coefficient (Wildman–Crippen LogP) is 3.16. The summed E-state index contributed by atoms with van der Waals surface area (Å²) in [6.07, 6.45) is 3.58. The van der Waals surface area contributed by atoms with Crippen LogP contribution in [0.2, 0.25) is 0 Å². The lowest BCUT2D eigenvalue weighted by Gasteiger charge is -2.10. The molecule has 1 saturated heterocycles. The van der Waals surface area contributed by atoms with Gasteiger partial charge in [0.2, 0.25) is 0 Å². The van der Waals surface area contributed by atoms with E-state index in [1.54, 1.807) is 11.8 Å². The van der Waals surface area contributed by atoms with Crippen LogP contribution < -0.4 is 0 Å². The minimum atomic E-state index is 0.384. The molecule has 2 heterocycles. The standard InChI is InChI=1S/C16H21N3OS/c1-2-19-15(11-13-7-4-3-5-8-13)17-18-16(19)21-12-14-9-6-10-20-14/h3-5,7-8,14H,2,6,9-12H2,1H3. The molecule has 3 rings (SSSR count). The van der Waals surface area contributed by atoms with Gasteiger partial charge in [-0.15, -0.1) is 10.2 Å². The fourth-order valence-electron chi connectivity index (χ4n) is 2.60. The van der Waals surface area contributed by atoms with Crippen molar-refractivity contribution < 1.29 is 4.74 Å². The summed E-state index contributed by atoms with van der Waals surface area (Å²) in [5, 5.41) is 9.76. The number of ether oxygens (including phenoxy) is 1. The van der Waals surface area contributed by atoms with E-state index in [1.807, 2.05) is 6.07 Å². The molecule has 0 saturated carbocycles. The lowest BCUT2D eigenvalue weighted by atomic mass is 10.1. The van der Waals surface area contributed by atoms with Crippen molar-refractivity contribution in [2.45, 2.75) is 44.0 Å². The molecule has 1 unspecified atom stereocenters. The van der Waals surface area contributed by atoms with Crippen LogP contribution in [0.15, 0.2) is 35.5 Å². The largest absolute Gasteiger partial charge is 0.377 e. The molecule has 5 heteroatoms. The third-order valence-electron chi connectivity index (χ3n) is 3.74. The first-order chi connectivity index (χ1) is 10.4. The lowest BCUT2D eigenvalue weighted by molar-refractivity contribution is 0.129. The van der Waals surface area contributed by atoms with Crippen LogP contribution in [0.25, 0.3) is 0 Å². The van der Waals surface area contributed by atoms with Crippen molar-refractivity contribution in [1.82, 2.24) is 14.8 Å². The molecule has 21 heavy (non-hydrogen) atoms. The van der Waals surface area contributed by atoms with E-state index >= 15 is 0 Å². The Morgan fingerprint density at radius 2 is 2.14 bits per heavy atom. The Bertz CT molecular complexity index is 564. The molecule has 1 fully saturated rings. The number of nitrogens with zero attached hydrogens (tertiary/aromatic N) is 3. The molecule has 112 valence electrons. The summed E-state index contributed by atoms with van der Waals surface area (Å²) >= 11 is 1.76. The van der Waals surface area contributed by atoms with Crippen molar-refractivity contribution in [1.29, 1.82) is 0 Å². The van der Waals surface area contributed by atoms with Crippen LogP contribution in [-0.4, -0.2) is 33.2 Å². The second-order valence-electron chi connectivity index (χ2n) is 5.25. The van der Waals surface area contributed by atoms with Gasteiger partial charge >= 0.3 is 0 Å². The highest BCUT2D eigenvalue weighted by Gasteiger charge is 2.18. The van der Waals surface area contributed by atoms with Crippen molar-refractivity contribution in [3.05, 3.63) is 41.7 Å². The molecule has 0 aliphatic carbocycles. The predicted molar refractivity (Wildman–Crippen MR) is 84.6 cm³/mol. The van der Waals surface area contributed by atoms with Crippen LogP contribution in [0.1, 0.15) is 31.2 Å². The number of rotatable bonds is 6. The Morgan fingerprint density at radius 1 is 1.29 bits per heavy atom. The summed E-state index contributed by atoms with van der Waals surface area (Å²) < 4.78 is 7.89. The molecule has 0 amide bonds. The average Bonchev–Trinajstić information content (AvgIpc) is 3.15. The molecule has 1 aromatic heterocycles. The van der Waals surface area contributed by atoms with Crippen LogP contribution in [0.4, 0.5) is 0 Å². The second kappa shape index (κ2) is 7.09. The number of hydrogen-bond donors (Lipinski definition) is 0. The van der Waals surface area contributed by atoms with Gasteiger partial charge in [-0.2, -0.15) is 0 Å². The molecular weight excluding hydrogens is 282 g/mol. The van der Waals surface area contributed by atoms with Gasteiger partial charge in [-0.05, 0) is 25.3 Å². The maximum Gasteiger partial charge on any atom is 0.191 e. The number of benzene rings is 1. The smallest absolute Gasteiger partial charge is 0.191 e.